The molecule has 5 nitrogen and oxygen atoms in total. The second-order valence-electron chi connectivity index (χ2n) is 4.20. The normalized spacial score (nSPS) is 11.1. The summed E-state index contributed by atoms with van der Waals surface area (Å²) in [5.74, 6) is -0.837. The number of carbonyl (C=O) groups excluding carboxylic acids is 1. The van der Waals surface area contributed by atoms with Crippen molar-refractivity contribution in [2.24, 2.45) is 0 Å². The first-order valence-electron chi connectivity index (χ1n) is 6.28. The van der Waals surface area contributed by atoms with E-state index in [1.807, 2.05) is 0 Å². The monoisotopic (exact) mass is 276 g/mol. The number of aliphatic carboxylic acids is 1. The van der Waals surface area contributed by atoms with Crippen LogP contribution in [0.2, 0.25) is 0 Å². The number of urea groups is 1. The molecule has 6 heteroatoms. The molecule has 0 aliphatic carbocycles. The average Bonchev–Trinajstić information content (AvgIpc) is 2.37. The highest BCUT2D eigenvalue weighted by Gasteiger charge is 2.25. The maximum absolute atomic E-state index is 11.5. The van der Waals surface area contributed by atoms with Crippen molar-refractivity contribution in [2.45, 2.75) is 44.3 Å². The predicted molar refractivity (Wildman–Crippen MR) is 75.1 cm³/mol. The minimum Gasteiger partial charge on any atom is -0.481 e. The van der Waals surface area contributed by atoms with Gasteiger partial charge in [-0.3, -0.25) is 4.79 Å². The third-order valence-electron chi connectivity index (χ3n) is 3.15. The van der Waals surface area contributed by atoms with E-state index >= 15 is 0 Å². The SMILES string of the molecule is CCC(CC)(CNC(=O)NCCCC(=O)O)SC. The van der Waals surface area contributed by atoms with E-state index in [0.717, 1.165) is 12.8 Å². The maximum atomic E-state index is 11.5. The van der Waals surface area contributed by atoms with Crippen LogP contribution in [0.25, 0.3) is 0 Å². The summed E-state index contributed by atoms with van der Waals surface area (Å²) in [6.07, 6.45) is 4.60. The molecule has 0 aromatic rings. The van der Waals surface area contributed by atoms with Crippen LogP contribution < -0.4 is 10.6 Å². The van der Waals surface area contributed by atoms with Crippen molar-refractivity contribution < 1.29 is 14.7 Å². The number of carboxylic acid groups (broad SMARTS) is 1. The van der Waals surface area contributed by atoms with Gasteiger partial charge in [0.1, 0.15) is 0 Å². The van der Waals surface area contributed by atoms with Crippen LogP contribution in [0, 0.1) is 0 Å². The van der Waals surface area contributed by atoms with Gasteiger partial charge in [-0.2, -0.15) is 11.8 Å². The number of carboxylic acids is 1. The topological polar surface area (TPSA) is 78.4 Å². The van der Waals surface area contributed by atoms with Crippen LogP contribution in [0.4, 0.5) is 4.79 Å². The Kier molecular flexibility index (Phi) is 8.62. The van der Waals surface area contributed by atoms with Crippen molar-refractivity contribution in [3.8, 4) is 0 Å². The summed E-state index contributed by atoms with van der Waals surface area (Å²) in [5.41, 5.74) is 0. The Bertz CT molecular complexity index is 260. The molecule has 0 aromatic heterocycles. The smallest absolute Gasteiger partial charge is 0.314 e. The van der Waals surface area contributed by atoms with E-state index in [9.17, 15) is 9.59 Å². The number of carbonyl (C=O) groups is 2. The van der Waals surface area contributed by atoms with E-state index in [2.05, 4.69) is 30.7 Å². The van der Waals surface area contributed by atoms with Gasteiger partial charge in [-0.15, -0.1) is 0 Å². The third kappa shape index (κ3) is 6.74. The Morgan fingerprint density at radius 3 is 2.28 bits per heavy atom. The van der Waals surface area contributed by atoms with E-state index in [1.54, 1.807) is 11.8 Å². The van der Waals surface area contributed by atoms with Gasteiger partial charge in [0, 0.05) is 24.3 Å². The maximum Gasteiger partial charge on any atom is 0.314 e. The summed E-state index contributed by atoms with van der Waals surface area (Å²) in [6, 6.07) is -0.222. The van der Waals surface area contributed by atoms with Crippen molar-refractivity contribution >= 4 is 23.8 Å². The summed E-state index contributed by atoms with van der Waals surface area (Å²) in [4.78, 5) is 21.8. The molecular weight excluding hydrogens is 252 g/mol. The number of amides is 2. The molecule has 106 valence electrons. The summed E-state index contributed by atoms with van der Waals surface area (Å²) in [7, 11) is 0. The lowest BCUT2D eigenvalue weighted by atomic mass is 10.0. The molecule has 0 heterocycles. The first kappa shape index (κ1) is 17.1. The fourth-order valence-corrected chi connectivity index (χ4v) is 2.40. The predicted octanol–water partition coefficient (Wildman–Crippen LogP) is 2.07. The van der Waals surface area contributed by atoms with E-state index in [4.69, 9.17) is 5.11 Å². The quantitative estimate of drug-likeness (QED) is 0.563. The average molecular weight is 276 g/mol. The summed E-state index contributed by atoms with van der Waals surface area (Å²) >= 11 is 1.77. The Hall–Kier alpha value is -0.910. The van der Waals surface area contributed by atoms with E-state index < -0.39 is 5.97 Å². The van der Waals surface area contributed by atoms with Crippen LogP contribution in [-0.4, -0.2) is 41.2 Å². The molecule has 0 rings (SSSR count). The molecule has 0 fully saturated rings. The van der Waals surface area contributed by atoms with E-state index in [1.165, 1.54) is 0 Å². The van der Waals surface area contributed by atoms with E-state index in [0.29, 0.717) is 19.5 Å². The second-order valence-corrected chi connectivity index (χ2v) is 5.48. The van der Waals surface area contributed by atoms with Crippen molar-refractivity contribution in [3.05, 3.63) is 0 Å². The molecule has 0 atom stereocenters. The molecule has 3 N–H and O–H groups in total. The van der Waals surface area contributed by atoms with Gasteiger partial charge in [-0.25, -0.2) is 4.79 Å². The van der Waals surface area contributed by atoms with Crippen LogP contribution in [-0.2, 0) is 4.79 Å². The van der Waals surface area contributed by atoms with Crippen LogP contribution in [0.3, 0.4) is 0 Å². The first-order valence-corrected chi connectivity index (χ1v) is 7.50. The summed E-state index contributed by atoms with van der Waals surface area (Å²) in [6.45, 7) is 5.26. The Balaban J connectivity index is 3.84. The van der Waals surface area contributed by atoms with Crippen LogP contribution in [0.15, 0.2) is 0 Å². The van der Waals surface area contributed by atoms with Gasteiger partial charge in [0.05, 0.1) is 0 Å². The minimum atomic E-state index is -0.837. The highest BCUT2D eigenvalue weighted by Crippen LogP contribution is 2.29. The zero-order valence-corrected chi connectivity index (χ0v) is 12.2. The molecule has 0 bridgehead atoms. The van der Waals surface area contributed by atoms with Crippen LogP contribution >= 0.6 is 11.8 Å². The van der Waals surface area contributed by atoms with Crippen molar-refractivity contribution in [1.29, 1.82) is 0 Å². The fourth-order valence-electron chi connectivity index (χ4n) is 1.61. The molecule has 0 spiro atoms. The summed E-state index contributed by atoms with van der Waals surface area (Å²) < 4.78 is 0.0956. The highest BCUT2D eigenvalue weighted by atomic mass is 32.2. The molecule has 0 aromatic carbocycles. The van der Waals surface area contributed by atoms with Gasteiger partial charge >= 0.3 is 12.0 Å². The van der Waals surface area contributed by atoms with Gasteiger partial charge in [-0.1, -0.05) is 13.8 Å². The molecule has 18 heavy (non-hydrogen) atoms. The highest BCUT2D eigenvalue weighted by molar-refractivity contribution is 8.00. The molecule has 0 radical (unpaired) electrons. The zero-order valence-electron chi connectivity index (χ0n) is 11.4. The lowest BCUT2D eigenvalue weighted by Crippen LogP contribution is -2.44. The van der Waals surface area contributed by atoms with Gasteiger partial charge in [0.15, 0.2) is 0 Å². The molecule has 0 aliphatic rings. The fraction of sp³-hybridized carbons (Fsp3) is 0.833. The molecular formula is C12H24N2O3S. The lowest BCUT2D eigenvalue weighted by Gasteiger charge is -2.29. The Labute approximate surface area is 113 Å². The molecule has 0 aliphatic heterocycles. The molecule has 2 amide bonds. The minimum absolute atomic E-state index is 0.0823. The molecule has 0 saturated heterocycles. The Morgan fingerprint density at radius 1 is 1.22 bits per heavy atom. The standard InChI is InChI=1S/C12H24N2O3S/c1-4-12(5-2,18-3)9-14-11(17)13-8-6-7-10(15)16/h4-9H2,1-3H3,(H,15,16)(H2,13,14,17). The van der Waals surface area contributed by atoms with Gasteiger partial charge in [-0.05, 0) is 25.5 Å². The number of rotatable bonds is 9. The van der Waals surface area contributed by atoms with Gasteiger partial charge in [0.2, 0.25) is 0 Å². The van der Waals surface area contributed by atoms with Crippen LogP contribution in [0.5, 0.6) is 0 Å². The van der Waals surface area contributed by atoms with Crippen molar-refractivity contribution in [3.63, 3.8) is 0 Å². The van der Waals surface area contributed by atoms with Gasteiger partial charge in [0.25, 0.3) is 0 Å². The number of hydrogen-bond donors (Lipinski definition) is 3. The first-order chi connectivity index (χ1) is 8.49. The van der Waals surface area contributed by atoms with Crippen molar-refractivity contribution in [1.82, 2.24) is 10.6 Å². The van der Waals surface area contributed by atoms with Gasteiger partial charge < -0.3 is 15.7 Å². The molecule has 0 saturated carbocycles. The summed E-state index contributed by atoms with van der Waals surface area (Å²) in [5, 5.41) is 14.0. The zero-order chi connectivity index (χ0) is 14.0. The number of nitrogens with one attached hydrogen (secondary N) is 2. The largest absolute Gasteiger partial charge is 0.481 e. The lowest BCUT2D eigenvalue weighted by molar-refractivity contribution is -0.137. The number of hydrogen-bond acceptors (Lipinski definition) is 3. The second kappa shape index (κ2) is 9.08. The van der Waals surface area contributed by atoms with E-state index in [-0.39, 0.29) is 17.2 Å². The Morgan fingerprint density at radius 2 is 1.83 bits per heavy atom. The third-order valence-corrected chi connectivity index (χ3v) is 4.73. The van der Waals surface area contributed by atoms with Crippen molar-refractivity contribution in [2.75, 3.05) is 19.3 Å². The number of thioether (sulfide) groups is 1. The van der Waals surface area contributed by atoms with Crippen LogP contribution in [0.1, 0.15) is 39.5 Å². The molecule has 0 unspecified atom stereocenters.